The third-order valence-electron chi connectivity index (χ3n) is 4.86. The molecule has 1 N–H and O–H groups in total. The van der Waals surface area contributed by atoms with Crippen LogP contribution in [-0.2, 0) is 21.8 Å². The number of sulfonamides is 1. The van der Waals surface area contributed by atoms with E-state index < -0.39 is 10.0 Å². The van der Waals surface area contributed by atoms with E-state index >= 15 is 0 Å². The number of hydrogen-bond donors (Lipinski definition) is 1. The van der Waals surface area contributed by atoms with Crippen LogP contribution in [0.2, 0.25) is 0 Å². The predicted molar refractivity (Wildman–Crippen MR) is 85.5 cm³/mol. The summed E-state index contributed by atoms with van der Waals surface area (Å²) in [5.41, 5.74) is 0.984. The van der Waals surface area contributed by atoms with Gasteiger partial charge < -0.3 is 9.84 Å². The van der Waals surface area contributed by atoms with E-state index in [2.05, 4.69) is 5.10 Å². The Balaban J connectivity index is 1.70. The number of hydrogen-bond acceptors (Lipinski definition) is 5. The largest absolute Gasteiger partial charge is 0.396 e. The molecule has 0 aliphatic carbocycles. The highest BCUT2D eigenvalue weighted by atomic mass is 32.2. The van der Waals surface area contributed by atoms with E-state index in [-0.39, 0.29) is 30.3 Å². The molecule has 0 aromatic carbocycles. The minimum Gasteiger partial charge on any atom is -0.396 e. The quantitative estimate of drug-likeness (QED) is 0.833. The third-order valence-corrected chi connectivity index (χ3v) is 6.74. The van der Waals surface area contributed by atoms with Crippen LogP contribution in [0.4, 0.5) is 0 Å². The Morgan fingerprint density at radius 3 is 2.83 bits per heavy atom. The number of aryl methyl sites for hydroxylation is 1. The predicted octanol–water partition coefficient (Wildman–Crippen LogP) is 0.327. The van der Waals surface area contributed by atoms with Gasteiger partial charge in [-0.05, 0) is 24.8 Å². The van der Waals surface area contributed by atoms with Gasteiger partial charge in [0.15, 0.2) is 0 Å². The van der Waals surface area contributed by atoms with Crippen LogP contribution in [0.15, 0.2) is 12.4 Å². The van der Waals surface area contributed by atoms with Crippen molar-refractivity contribution in [2.75, 3.05) is 32.1 Å². The molecule has 3 heterocycles. The first-order valence-corrected chi connectivity index (χ1v) is 9.79. The Kier molecular flexibility index (Phi) is 5.05. The van der Waals surface area contributed by atoms with Crippen LogP contribution in [0.5, 0.6) is 0 Å². The van der Waals surface area contributed by atoms with Crippen molar-refractivity contribution in [2.24, 2.45) is 13.0 Å². The van der Waals surface area contributed by atoms with Gasteiger partial charge in [0.25, 0.3) is 0 Å². The van der Waals surface area contributed by atoms with Gasteiger partial charge in [-0.15, -0.1) is 0 Å². The first-order valence-electron chi connectivity index (χ1n) is 8.18. The van der Waals surface area contributed by atoms with Crippen molar-refractivity contribution in [3.05, 3.63) is 18.0 Å². The molecule has 0 bridgehead atoms. The zero-order valence-corrected chi connectivity index (χ0v) is 14.3. The van der Waals surface area contributed by atoms with E-state index in [0.29, 0.717) is 19.7 Å². The lowest BCUT2D eigenvalue weighted by Crippen LogP contribution is -2.37. The molecule has 3 atom stereocenters. The van der Waals surface area contributed by atoms with Crippen molar-refractivity contribution in [1.29, 1.82) is 0 Å². The average Bonchev–Trinajstić information content (AvgIpc) is 3.14. The summed E-state index contributed by atoms with van der Waals surface area (Å²) in [6.45, 7) is 1.40. The number of nitrogens with zero attached hydrogens (tertiary/aromatic N) is 3. The second-order valence-corrected chi connectivity index (χ2v) is 8.59. The standard InChI is InChI=1S/C15H25N3O4S/c1-17-7-12(6-16-17)15-9-18(8-13(15)10-19)23(20,21)11-14-4-2-3-5-22-14/h6-7,13-15,19H,2-5,8-11H2,1H3/t13-,14?,15-/m0/s1. The highest BCUT2D eigenvalue weighted by Gasteiger charge is 2.40. The maximum atomic E-state index is 12.7. The van der Waals surface area contributed by atoms with Gasteiger partial charge in [-0.3, -0.25) is 4.68 Å². The van der Waals surface area contributed by atoms with E-state index in [1.54, 1.807) is 10.9 Å². The Hall–Kier alpha value is -0.960. The minimum absolute atomic E-state index is 0.00394. The molecule has 0 spiro atoms. The summed E-state index contributed by atoms with van der Waals surface area (Å²) in [7, 11) is -1.53. The molecule has 2 fully saturated rings. The molecule has 23 heavy (non-hydrogen) atoms. The zero-order chi connectivity index (χ0) is 16.4. The first-order chi connectivity index (χ1) is 11.0. The molecule has 0 saturated carbocycles. The molecule has 1 aromatic heterocycles. The molecule has 2 aliphatic heterocycles. The Labute approximate surface area is 137 Å². The van der Waals surface area contributed by atoms with E-state index in [9.17, 15) is 13.5 Å². The molecule has 7 nitrogen and oxygen atoms in total. The number of ether oxygens (including phenoxy) is 1. The number of aliphatic hydroxyl groups excluding tert-OH is 1. The minimum atomic E-state index is -3.37. The SMILES string of the molecule is Cn1cc([C@@H]2CN(S(=O)(=O)CC3CCCCO3)C[C@H]2CO)cn1. The van der Waals surface area contributed by atoms with Crippen LogP contribution in [0.3, 0.4) is 0 Å². The molecule has 1 unspecified atom stereocenters. The lowest BCUT2D eigenvalue weighted by Gasteiger charge is -2.25. The maximum absolute atomic E-state index is 12.7. The number of aliphatic hydroxyl groups is 1. The molecule has 8 heteroatoms. The summed E-state index contributed by atoms with van der Waals surface area (Å²) in [6.07, 6.45) is 6.30. The van der Waals surface area contributed by atoms with Crippen molar-refractivity contribution in [3.8, 4) is 0 Å². The Morgan fingerprint density at radius 1 is 1.39 bits per heavy atom. The van der Waals surface area contributed by atoms with Gasteiger partial charge in [-0.2, -0.15) is 5.10 Å². The summed E-state index contributed by atoms with van der Waals surface area (Å²) < 4.78 is 34.2. The van der Waals surface area contributed by atoms with Gasteiger partial charge in [0, 0.05) is 51.4 Å². The normalized spacial score (nSPS) is 29.9. The monoisotopic (exact) mass is 343 g/mol. The van der Waals surface area contributed by atoms with Gasteiger partial charge in [-0.1, -0.05) is 0 Å². The van der Waals surface area contributed by atoms with Gasteiger partial charge in [-0.25, -0.2) is 12.7 Å². The fourth-order valence-electron chi connectivity index (χ4n) is 3.53. The van der Waals surface area contributed by atoms with Crippen LogP contribution in [0.1, 0.15) is 30.7 Å². The molecular formula is C15H25N3O4S. The second kappa shape index (κ2) is 6.88. The van der Waals surface area contributed by atoms with Crippen molar-refractivity contribution in [1.82, 2.24) is 14.1 Å². The molecule has 3 rings (SSSR count). The summed E-state index contributed by atoms with van der Waals surface area (Å²) in [6, 6.07) is 0. The van der Waals surface area contributed by atoms with E-state index in [4.69, 9.17) is 4.74 Å². The van der Waals surface area contributed by atoms with Crippen molar-refractivity contribution >= 4 is 10.0 Å². The fraction of sp³-hybridized carbons (Fsp3) is 0.800. The summed E-state index contributed by atoms with van der Waals surface area (Å²) in [5.74, 6) is -0.0396. The van der Waals surface area contributed by atoms with Crippen LogP contribution < -0.4 is 0 Å². The van der Waals surface area contributed by atoms with Crippen molar-refractivity contribution < 1.29 is 18.3 Å². The topological polar surface area (TPSA) is 84.7 Å². The van der Waals surface area contributed by atoms with Crippen LogP contribution in [0.25, 0.3) is 0 Å². The molecule has 2 saturated heterocycles. The lowest BCUT2D eigenvalue weighted by molar-refractivity contribution is 0.0299. The third kappa shape index (κ3) is 3.76. The summed E-state index contributed by atoms with van der Waals surface area (Å²) >= 11 is 0. The number of rotatable bonds is 5. The van der Waals surface area contributed by atoms with Gasteiger partial charge in [0.05, 0.1) is 18.1 Å². The van der Waals surface area contributed by atoms with Gasteiger partial charge in [0.1, 0.15) is 0 Å². The zero-order valence-electron chi connectivity index (χ0n) is 13.5. The molecule has 0 radical (unpaired) electrons. The maximum Gasteiger partial charge on any atom is 0.216 e. The van der Waals surface area contributed by atoms with Gasteiger partial charge >= 0.3 is 0 Å². The van der Waals surface area contributed by atoms with E-state index in [0.717, 1.165) is 24.8 Å². The van der Waals surface area contributed by atoms with Crippen LogP contribution in [0, 0.1) is 5.92 Å². The summed E-state index contributed by atoms with van der Waals surface area (Å²) in [4.78, 5) is 0. The molecule has 2 aliphatic rings. The smallest absolute Gasteiger partial charge is 0.216 e. The summed E-state index contributed by atoms with van der Waals surface area (Å²) in [5, 5.41) is 13.8. The second-order valence-electron chi connectivity index (χ2n) is 6.58. The molecule has 130 valence electrons. The van der Waals surface area contributed by atoms with E-state index in [1.807, 2.05) is 13.2 Å². The van der Waals surface area contributed by atoms with Crippen molar-refractivity contribution in [2.45, 2.75) is 31.3 Å². The Bertz CT molecular complexity index is 624. The lowest BCUT2D eigenvalue weighted by atomic mass is 9.92. The van der Waals surface area contributed by atoms with E-state index in [1.165, 1.54) is 4.31 Å². The number of aromatic nitrogens is 2. The Morgan fingerprint density at radius 2 is 2.22 bits per heavy atom. The van der Waals surface area contributed by atoms with Crippen LogP contribution in [-0.4, -0.2) is 65.8 Å². The fourth-order valence-corrected chi connectivity index (χ4v) is 5.28. The highest BCUT2D eigenvalue weighted by Crippen LogP contribution is 2.34. The van der Waals surface area contributed by atoms with Crippen molar-refractivity contribution in [3.63, 3.8) is 0 Å². The highest BCUT2D eigenvalue weighted by molar-refractivity contribution is 7.89. The molecule has 0 amide bonds. The first kappa shape index (κ1) is 16.9. The molecule has 1 aromatic rings. The molecular weight excluding hydrogens is 318 g/mol. The van der Waals surface area contributed by atoms with Gasteiger partial charge in [0.2, 0.25) is 10.0 Å². The average molecular weight is 343 g/mol. The van der Waals surface area contributed by atoms with Crippen LogP contribution >= 0.6 is 0 Å².